The van der Waals surface area contributed by atoms with E-state index in [0.29, 0.717) is 0 Å². The topological polar surface area (TPSA) is 29.6 Å². The second-order valence-corrected chi connectivity index (χ2v) is 2.32. The molecule has 0 radical (unpaired) electrons. The maximum absolute atomic E-state index is 10.1. The standard InChI is InChI=1S/C6H10O2/c1-3-5-6(2,4-7)8-5/h4-5H,3H2,1-2H3/t5-,6+/m0/s1. The maximum atomic E-state index is 10.1. The van der Waals surface area contributed by atoms with Crippen LogP contribution in [-0.2, 0) is 9.53 Å². The van der Waals surface area contributed by atoms with Crippen molar-refractivity contribution in [1.82, 2.24) is 0 Å². The van der Waals surface area contributed by atoms with Crippen LogP contribution >= 0.6 is 0 Å². The minimum absolute atomic E-state index is 0.194. The van der Waals surface area contributed by atoms with Crippen LogP contribution in [0.25, 0.3) is 0 Å². The number of hydrogen-bond acceptors (Lipinski definition) is 2. The molecule has 1 heterocycles. The van der Waals surface area contributed by atoms with Crippen molar-refractivity contribution < 1.29 is 9.53 Å². The number of rotatable bonds is 2. The van der Waals surface area contributed by atoms with Crippen molar-refractivity contribution in [3.63, 3.8) is 0 Å². The molecule has 0 amide bonds. The number of carbonyl (C=O) groups is 1. The van der Waals surface area contributed by atoms with Gasteiger partial charge in [0, 0.05) is 0 Å². The molecule has 0 saturated carbocycles. The minimum Gasteiger partial charge on any atom is -0.358 e. The molecule has 1 fully saturated rings. The zero-order valence-electron chi connectivity index (χ0n) is 5.18. The fraction of sp³-hybridized carbons (Fsp3) is 0.833. The number of hydrogen-bond donors (Lipinski definition) is 0. The summed E-state index contributed by atoms with van der Waals surface area (Å²) < 4.78 is 5.03. The smallest absolute Gasteiger partial charge is 0.154 e. The first-order valence-corrected chi connectivity index (χ1v) is 2.87. The average Bonchev–Trinajstić information content (AvgIpc) is 2.44. The Labute approximate surface area is 48.8 Å². The van der Waals surface area contributed by atoms with Crippen LogP contribution in [0.3, 0.4) is 0 Å². The lowest BCUT2D eigenvalue weighted by atomic mass is 10.1. The highest BCUT2D eigenvalue weighted by Gasteiger charge is 2.50. The van der Waals surface area contributed by atoms with Gasteiger partial charge < -0.3 is 9.53 Å². The first kappa shape index (κ1) is 5.76. The number of aldehydes is 1. The van der Waals surface area contributed by atoms with Crippen molar-refractivity contribution in [2.45, 2.75) is 32.0 Å². The molecule has 2 nitrogen and oxygen atoms in total. The van der Waals surface area contributed by atoms with E-state index in [-0.39, 0.29) is 6.10 Å². The molecule has 1 saturated heterocycles. The Morgan fingerprint density at radius 3 is 2.62 bits per heavy atom. The summed E-state index contributed by atoms with van der Waals surface area (Å²) in [6, 6.07) is 0. The highest BCUT2D eigenvalue weighted by atomic mass is 16.6. The first-order chi connectivity index (χ1) is 3.73. The summed E-state index contributed by atoms with van der Waals surface area (Å²) in [4.78, 5) is 10.1. The van der Waals surface area contributed by atoms with Gasteiger partial charge in [0.1, 0.15) is 5.60 Å². The lowest BCUT2D eigenvalue weighted by Crippen LogP contribution is -2.09. The van der Waals surface area contributed by atoms with Gasteiger partial charge in [-0.2, -0.15) is 0 Å². The van der Waals surface area contributed by atoms with Crippen LogP contribution in [0.1, 0.15) is 20.3 Å². The highest BCUT2D eigenvalue weighted by molar-refractivity contribution is 5.66. The summed E-state index contributed by atoms with van der Waals surface area (Å²) in [7, 11) is 0. The Balaban J connectivity index is 2.42. The van der Waals surface area contributed by atoms with E-state index in [2.05, 4.69) is 0 Å². The molecule has 8 heavy (non-hydrogen) atoms. The largest absolute Gasteiger partial charge is 0.358 e. The molecule has 0 spiro atoms. The van der Waals surface area contributed by atoms with Crippen LogP contribution in [0.4, 0.5) is 0 Å². The van der Waals surface area contributed by atoms with E-state index in [0.717, 1.165) is 12.7 Å². The van der Waals surface area contributed by atoms with Crippen molar-refractivity contribution in [2.24, 2.45) is 0 Å². The molecule has 0 aromatic rings. The Hall–Kier alpha value is -0.370. The van der Waals surface area contributed by atoms with Gasteiger partial charge in [-0.1, -0.05) is 6.92 Å². The van der Waals surface area contributed by atoms with E-state index >= 15 is 0 Å². The summed E-state index contributed by atoms with van der Waals surface area (Å²) in [5, 5.41) is 0. The van der Waals surface area contributed by atoms with E-state index in [4.69, 9.17) is 4.74 Å². The first-order valence-electron chi connectivity index (χ1n) is 2.87. The lowest BCUT2D eigenvalue weighted by Gasteiger charge is -1.87. The quantitative estimate of drug-likeness (QED) is 0.391. The second kappa shape index (κ2) is 1.55. The molecule has 0 unspecified atom stereocenters. The molecule has 0 N–H and O–H groups in total. The summed E-state index contributed by atoms with van der Waals surface area (Å²) in [5.41, 5.74) is -0.422. The normalized spacial score (nSPS) is 44.0. The van der Waals surface area contributed by atoms with Crippen LogP contribution < -0.4 is 0 Å². The van der Waals surface area contributed by atoms with Crippen molar-refractivity contribution >= 4 is 6.29 Å². The van der Waals surface area contributed by atoms with Gasteiger partial charge in [0.15, 0.2) is 6.29 Å². The van der Waals surface area contributed by atoms with Crippen molar-refractivity contribution in [1.29, 1.82) is 0 Å². The Bertz CT molecular complexity index is 111. The van der Waals surface area contributed by atoms with Crippen LogP contribution in [0.2, 0.25) is 0 Å². The van der Waals surface area contributed by atoms with Crippen LogP contribution in [0.15, 0.2) is 0 Å². The number of carbonyl (C=O) groups excluding carboxylic acids is 1. The fourth-order valence-corrected chi connectivity index (χ4v) is 0.865. The van der Waals surface area contributed by atoms with Gasteiger partial charge in [-0.05, 0) is 13.3 Å². The Morgan fingerprint density at radius 2 is 2.50 bits per heavy atom. The van der Waals surface area contributed by atoms with Gasteiger partial charge >= 0.3 is 0 Å². The number of ether oxygens (including phenoxy) is 1. The molecule has 0 aliphatic carbocycles. The summed E-state index contributed by atoms with van der Waals surface area (Å²) in [6.07, 6.45) is 2.01. The molecule has 1 aliphatic rings. The molecule has 1 aliphatic heterocycles. The van der Waals surface area contributed by atoms with Gasteiger partial charge in [-0.25, -0.2) is 0 Å². The zero-order valence-corrected chi connectivity index (χ0v) is 5.18. The Morgan fingerprint density at radius 1 is 1.88 bits per heavy atom. The van der Waals surface area contributed by atoms with Crippen molar-refractivity contribution in [3.05, 3.63) is 0 Å². The fourth-order valence-electron chi connectivity index (χ4n) is 0.865. The summed E-state index contributed by atoms with van der Waals surface area (Å²) in [6.45, 7) is 3.83. The van der Waals surface area contributed by atoms with E-state index in [1.54, 1.807) is 0 Å². The monoisotopic (exact) mass is 114 g/mol. The molecule has 1 rings (SSSR count). The zero-order chi connectivity index (χ0) is 6.20. The molecule has 0 bridgehead atoms. The van der Waals surface area contributed by atoms with E-state index < -0.39 is 5.60 Å². The maximum Gasteiger partial charge on any atom is 0.154 e. The molecule has 2 heteroatoms. The van der Waals surface area contributed by atoms with Crippen molar-refractivity contribution in [3.8, 4) is 0 Å². The third-order valence-electron chi connectivity index (χ3n) is 1.58. The second-order valence-electron chi connectivity index (χ2n) is 2.32. The van der Waals surface area contributed by atoms with Crippen LogP contribution in [-0.4, -0.2) is 18.0 Å². The highest BCUT2D eigenvalue weighted by Crippen LogP contribution is 2.35. The predicted molar refractivity (Wildman–Crippen MR) is 29.6 cm³/mol. The van der Waals surface area contributed by atoms with Crippen molar-refractivity contribution in [2.75, 3.05) is 0 Å². The van der Waals surface area contributed by atoms with Gasteiger partial charge in [-0.3, -0.25) is 0 Å². The Kier molecular flexibility index (Phi) is 1.12. The van der Waals surface area contributed by atoms with Gasteiger partial charge in [0.25, 0.3) is 0 Å². The average molecular weight is 114 g/mol. The predicted octanol–water partition coefficient (Wildman–Crippen LogP) is 0.753. The lowest BCUT2D eigenvalue weighted by molar-refractivity contribution is -0.111. The van der Waals surface area contributed by atoms with Gasteiger partial charge in [-0.15, -0.1) is 0 Å². The minimum atomic E-state index is -0.422. The SMILES string of the molecule is CC[C@@H]1O[C@]1(C)C=O. The number of epoxide rings is 1. The van der Waals surface area contributed by atoms with E-state index in [1.165, 1.54) is 0 Å². The van der Waals surface area contributed by atoms with Gasteiger partial charge in [0.2, 0.25) is 0 Å². The molecule has 2 atom stereocenters. The molecular weight excluding hydrogens is 104 g/mol. The van der Waals surface area contributed by atoms with E-state index in [9.17, 15) is 4.79 Å². The molecular formula is C6H10O2. The summed E-state index contributed by atoms with van der Waals surface area (Å²) >= 11 is 0. The van der Waals surface area contributed by atoms with Crippen LogP contribution in [0.5, 0.6) is 0 Å². The molecule has 0 aromatic carbocycles. The third kappa shape index (κ3) is 0.650. The summed E-state index contributed by atoms with van der Waals surface area (Å²) in [5.74, 6) is 0. The van der Waals surface area contributed by atoms with E-state index in [1.807, 2.05) is 13.8 Å². The molecule has 46 valence electrons. The third-order valence-corrected chi connectivity index (χ3v) is 1.58. The molecule has 0 aromatic heterocycles. The van der Waals surface area contributed by atoms with Crippen LogP contribution in [0, 0.1) is 0 Å². The van der Waals surface area contributed by atoms with Gasteiger partial charge in [0.05, 0.1) is 6.10 Å².